The molecule has 0 unspecified atom stereocenters. The Hall–Kier alpha value is -2.27. The molecule has 2 atom stereocenters. The third-order valence-corrected chi connectivity index (χ3v) is 4.93. The highest BCUT2D eigenvalue weighted by Crippen LogP contribution is 2.32. The van der Waals surface area contributed by atoms with E-state index in [2.05, 4.69) is 15.3 Å². The van der Waals surface area contributed by atoms with Gasteiger partial charge < -0.3 is 0 Å². The van der Waals surface area contributed by atoms with Gasteiger partial charge in [0.25, 0.3) is 0 Å². The van der Waals surface area contributed by atoms with E-state index in [1.807, 2.05) is 38.1 Å². The zero-order chi connectivity index (χ0) is 18.0. The van der Waals surface area contributed by atoms with Crippen LogP contribution in [0, 0.1) is 5.92 Å². The number of halogens is 1. The summed E-state index contributed by atoms with van der Waals surface area (Å²) < 4.78 is 0. The first kappa shape index (κ1) is 17.5. The largest absolute Gasteiger partial charge is 0.294 e. The summed E-state index contributed by atoms with van der Waals surface area (Å²) in [5.74, 6) is 0.127. The van der Waals surface area contributed by atoms with Gasteiger partial charge in [0.2, 0.25) is 11.9 Å². The van der Waals surface area contributed by atoms with Crippen molar-refractivity contribution in [1.82, 2.24) is 9.97 Å². The van der Waals surface area contributed by atoms with Gasteiger partial charge in [-0.15, -0.1) is 0 Å². The molecule has 0 saturated heterocycles. The lowest BCUT2D eigenvalue weighted by Crippen LogP contribution is -2.24. The fourth-order valence-corrected chi connectivity index (χ4v) is 3.02. The highest BCUT2D eigenvalue weighted by Gasteiger charge is 2.28. The summed E-state index contributed by atoms with van der Waals surface area (Å²) >= 11 is 5.94. The van der Waals surface area contributed by atoms with Crippen molar-refractivity contribution < 1.29 is 9.59 Å². The van der Waals surface area contributed by atoms with E-state index in [1.165, 1.54) is 6.20 Å². The Balaban J connectivity index is 1.83. The Morgan fingerprint density at radius 3 is 2.72 bits per heavy atom. The SMILES string of the molecule is CC[C@H](C)C(=O)Nc1ncc2c(n1)C[C@@H](c1ccc(Cl)cc1)CC2=O. The molecule has 3 rings (SSSR count). The van der Waals surface area contributed by atoms with Crippen LogP contribution in [-0.4, -0.2) is 21.7 Å². The number of anilines is 1. The minimum absolute atomic E-state index is 0.0287. The van der Waals surface area contributed by atoms with Crippen LogP contribution in [0.1, 0.15) is 54.2 Å². The van der Waals surface area contributed by atoms with Gasteiger partial charge in [-0.05, 0) is 36.5 Å². The summed E-state index contributed by atoms with van der Waals surface area (Å²) in [6.45, 7) is 3.81. The maximum atomic E-state index is 12.4. The maximum absolute atomic E-state index is 12.4. The van der Waals surface area contributed by atoms with Crippen LogP contribution in [0.25, 0.3) is 0 Å². The van der Waals surface area contributed by atoms with Crippen molar-refractivity contribution in [3.8, 4) is 0 Å². The number of ketones is 1. The van der Waals surface area contributed by atoms with E-state index in [1.54, 1.807) is 0 Å². The van der Waals surface area contributed by atoms with Gasteiger partial charge >= 0.3 is 0 Å². The number of Topliss-reactive ketones (excluding diaryl/α,β-unsaturated/α-hetero) is 1. The molecule has 0 saturated carbocycles. The monoisotopic (exact) mass is 357 g/mol. The second-order valence-corrected chi connectivity index (χ2v) is 6.87. The number of fused-ring (bicyclic) bond motifs is 1. The predicted molar refractivity (Wildman–Crippen MR) is 97.0 cm³/mol. The average molecular weight is 358 g/mol. The van der Waals surface area contributed by atoms with E-state index >= 15 is 0 Å². The van der Waals surface area contributed by atoms with Gasteiger partial charge in [0.15, 0.2) is 5.78 Å². The molecule has 6 heteroatoms. The Labute approximate surface area is 151 Å². The van der Waals surface area contributed by atoms with Crippen LogP contribution in [0.3, 0.4) is 0 Å². The number of aromatic nitrogens is 2. The Kier molecular flexibility index (Phi) is 5.13. The second kappa shape index (κ2) is 7.31. The lowest BCUT2D eigenvalue weighted by molar-refractivity contribution is -0.119. The van der Waals surface area contributed by atoms with Gasteiger partial charge in [-0.2, -0.15) is 0 Å². The van der Waals surface area contributed by atoms with Crippen molar-refractivity contribution in [2.75, 3.05) is 5.32 Å². The van der Waals surface area contributed by atoms with Gasteiger partial charge in [0.1, 0.15) is 0 Å². The van der Waals surface area contributed by atoms with E-state index in [9.17, 15) is 9.59 Å². The van der Waals surface area contributed by atoms with Crippen LogP contribution in [0.5, 0.6) is 0 Å². The van der Waals surface area contributed by atoms with E-state index < -0.39 is 0 Å². The molecule has 0 spiro atoms. The van der Waals surface area contributed by atoms with Crippen LogP contribution in [-0.2, 0) is 11.2 Å². The number of nitrogens with zero attached hydrogens (tertiary/aromatic N) is 2. The Morgan fingerprint density at radius 1 is 1.32 bits per heavy atom. The van der Waals surface area contributed by atoms with E-state index in [0.717, 1.165) is 12.0 Å². The summed E-state index contributed by atoms with van der Waals surface area (Å²) in [5, 5.41) is 3.40. The molecule has 1 aliphatic rings. The van der Waals surface area contributed by atoms with Crippen LogP contribution < -0.4 is 5.32 Å². The second-order valence-electron chi connectivity index (χ2n) is 6.43. The first-order valence-electron chi connectivity index (χ1n) is 8.43. The van der Waals surface area contributed by atoms with Crippen LogP contribution in [0.4, 0.5) is 5.95 Å². The van der Waals surface area contributed by atoms with Crippen LogP contribution in [0.15, 0.2) is 30.5 Å². The molecule has 25 heavy (non-hydrogen) atoms. The number of hydrogen-bond acceptors (Lipinski definition) is 4. The van der Waals surface area contributed by atoms with Crippen molar-refractivity contribution in [2.45, 2.75) is 39.0 Å². The molecule has 1 aromatic carbocycles. The molecule has 1 aliphatic carbocycles. The number of rotatable bonds is 4. The minimum Gasteiger partial charge on any atom is -0.294 e. The topological polar surface area (TPSA) is 72.0 Å². The summed E-state index contributed by atoms with van der Waals surface area (Å²) in [7, 11) is 0. The summed E-state index contributed by atoms with van der Waals surface area (Å²) in [5.41, 5.74) is 2.30. The van der Waals surface area contributed by atoms with Gasteiger partial charge in [0.05, 0.1) is 11.3 Å². The van der Waals surface area contributed by atoms with Crippen LogP contribution in [0.2, 0.25) is 5.02 Å². The summed E-state index contributed by atoms with van der Waals surface area (Å²) in [6.07, 6.45) is 3.33. The average Bonchev–Trinajstić information content (AvgIpc) is 2.61. The third-order valence-electron chi connectivity index (χ3n) is 4.68. The first-order valence-corrected chi connectivity index (χ1v) is 8.81. The summed E-state index contributed by atoms with van der Waals surface area (Å²) in [4.78, 5) is 33.0. The minimum atomic E-state index is -0.112. The van der Waals surface area contributed by atoms with E-state index in [-0.39, 0.29) is 29.5 Å². The quantitative estimate of drug-likeness (QED) is 0.896. The van der Waals surface area contributed by atoms with Gasteiger partial charge in [-0.1, -0.05) is 37.6 Å². The highest BCUT2D eigenvalue weighted by atomic mass is 35.5. The molecule has 0 aliphatic heterocycles. The molecule has 5 nitrogen and oxygen atoms in total. The number of nitrogens with one attached hydrogen (secondary N) is 1. The first-order chi connectivity index (χ1) is 12.0. The number of amides is 1. The number of benzene rings is 1. The molecule has 1 aromatic heterocycles. The number of carbonyl (C=O) groups is 2. The molecule has 0 bridgehead atoms. The predicted octanol–water partition coefficient (Wildman–Crippen LogP) is 4.03. The molecular weight excluding hydrogens is 338 g/mol. The van der Waals surface area contributed by atoms with Crippen molar-refractivity contribution in [2.24, 2.45) is 5.92 Å². The van der Waals surface area contributed by atoms with Crippen molar-refractivity contribution >= 4 is 29.2 Å². The van der Waals surface area contributed by atoms with E-state index in [4.69, 9.17) is 11.6 Å². The Bertz CT molecular complexity index is 805. The smallest absolute Gasteiger partial charge is 0.229 e. The maximum Gasteiger partial charge on any atom is 0.229 e. The van der Waals surface area contributed by atoms with Gasteiger partial charge in [-0.3, -0.25) is 14.9 Å². The number of hydrogen-bond donors (Lipinski definition) is 1. The van der Waals surface area contributed by atoms with Crippen molar-refractivity contribution in [3.63, 3.8) is 0 Å². The highest BCUT2D eigenvalue weighted by molar-refractivity contribution is 6.30. The van der Waals surface area contributed by atoms with Gasteiger partial charge in [0, 0.05) is 23.6 Å². The molecule has 1 heterocycles. The van der Waals surface area contributed by atoms with E-state index in [0.29, 0.717) is 29.1 Å². The standard InChI is InChI=1S/C19H20ClN3O2/c1-3-11(2)18(25)23-19-21-10-15-16(22-19)8-13(9-17(15)24)12-4-6-14(20)7-5-12/h4-7,10-11,13H,3,8-9H2,1-2H3,(H,21,22,23,25)/t11-,13+/m0/s1. The zero-order valence-corrected chi connectivity index (χ0v) is 15.0. The molecule has 1 amide bonds. The molecule has 1 N–H and O–H groups in total. The van der Waals surface area contributed by atoms with Gasteiger partial charge in [-0.25, -0.2) is 9.97 Å². The fraction of sp³-hybridized carbons (Fsp3) is 0.368. The van der Waals surface area contributed by atoms with Crippen LogP contribution >= 0.6 is 11.6 Å². The molecular formula is C19H20ClN3O2. The lowest BCUT2D eigenvalue weighted by Gasteiger charge is -2.23. The molecule has 0 fully saturated rings. The van der Waals surface area contributed by atoms with Crippen molar-refractivity contribution in [1.29, 1.82) is 0 Å². The molecule has 2 aromatic rings. The lowest BCUT2D eigenvalue weighted by atomic mass is 9.82. The zero-order valence-electron chi connectivity index (χ0n) is 14.3. The third kappa shape index (κ3) is 3.87. The normalized spacial score (nSPS) is 17.7. The fourth-order valence-electron chi connectivity index (χ4n) is 2.89. The van der Waals surface area contributed by atoms with Crippen molar-refractivity contribution in [3.05, 3.63) is 52.3 Å². The summed E-state index contributed by atoms with van der Waals surface area (Å²) in [6, 6.07) is 7.54. The molecule has 0 radical (unpaired) electrons. The number of carbonyl (C=O) groups excluding carboxylic acids is 2. The Morgan fingerprint density at radius 2 is 2.04 bits per heavy atom. The molecule has 130 valence electrons.